The van der Waals surface area contributed by atoms with Crippen LogP contribution in [-0.2, 0) is 16.1 Å². The van der Waals surface area contributed by atoms with Gasteiger partial charge in [-0.15, -0.1) is 0 Å². The molecular formula is C23H38N4O2. The number of anilines is 1. The van der Waals surface area contributed by atoms with E-state index in [0.717, 1.165) is 43.3 Å². The fourth-order valence-corrected chi connectivity index (χ4v) is 3.72. The van der Waals surface area contributed by atoms with Crippen molar-refractivity contribution in [2.75, 3.05) is 32.1 Å². The lowest BCUT2D eigenvalue weighted by Crippen LogP contribution is -2.43. The van der Waals surface area contributed by atoms with Crippen LogP contribution in [-0.4, -0.2) is 38.7 Å². The van der Waals surface area contributed by atoms with E-state index in [9.17, 15) is 4.79 Å². The van der Waals surface area contributed by atoms with Gasteiger partial charge in [0.25, 0.3) is 0 Å². The Labute approximate surface area is 175 Å². The molecule has 29 heavy (non-hydrogen) atoms. The Balaban J connectivity index is 1.93. The first-order chi connectivity index (χ1) is 14.0. The summed E-state index contributed by atoms with van der Waals surface area (Å²) < 4.78 is 5.34. The number of guanidine groups is 1. The van der Waals surface area contributed by atoms with Crippen molar-refractivity contribution in [3.05, 3.63) is 29.8 Å². The quantitative estimate of drug-likeness (QED) is 0.409. The van der Waals surface area contributed by atoms with Crippen molar-refractivity contribution in [1.29, 1.82) is 0 Å². The van der Waals surface area contributed by atoms with Crippen LogP contribution in [0, 0.1) is 11.3 Å². The number of nitrogens with one attached hydrogen (secondary N) is 3. The normalized spacial score (nSPS) is 16.1. The number of hydrogen-bond acceptors (Lipinski definition) is 3. The van der Waals surface area contributed by atoms with E-state index in [0.29, 0.717) is 12.0 Å². The van der Waals surface area contributed by atoms with Gasteiger partial charge in [-0.3, -0.25) is 4.79 Å². The number of ether oxygens (including phenoxy) is 1. The molecule has 0 heterocycles. The van der Waals surface area contributed by atoms with Crippen LogP contribution in [0.5, 0.6) is 0 Å². The lowest BCUT2D eigenvalue weighted by atomic mass is 9.83. The fraction of sp³-hybridized carbons (Fsp3) is 0.652. The maximum Gasteiger partial charge on any atom is 0.226 e. The molecular weight excluding hydrogens is 364 g/mol. The van der Waals surface area contributed by atoms with Crippen LogP contribution in [0.3, 0.4) is 0 Å². The zero-order valence-electron chi connectivity index (χ0n) is 18.5. The minimum Gasteiger partial charge on any atom is -0.385 e. The third-order valence-corrected chi connectivity index (χ3v) is 5.64. The number of rotatable bonds is 10. The number of methoxy groups -OCH3 is 1. The summed E-state index contributed by atoms with van der Waals surface area (Å²) in [4.78, 5) is 16.6. The summed E-state index contributed by atoms with van der Waals surface area (Å²) in [6.07, 6.45) is 6.22. The second-order valence-electron chi connectivity index (χ2n) is 8.34. The molecule has 1 aromatic carbocycles. The summed E-state index contributed by atoms with van der Waals surface area (Å²) in [6.45, 7) is 9.03. The predicted octanol–water partition coefficient (Wildman–Crippen LogP) is 3.93. The summed E-state index contributed by atoms with van der Waals surface area (Å²) in [5, 5.41) is 9.83. The molecule has 0 unspecified atom stereocenters. The van der Waals surface area contributed by atoms with E-state index < -0.39 is 0 Å². The molecule has 0 aliphatic heterocycles. The smallest absolute Gasteiger partial charge is 0.226 e. The average molecular weight is 403 g/mol. The van der Waals surface area contributed by atoms with Crippen LogP contribution in [0.15, 0.2) is 29.3 Å². The lowest BCUT2D eigenvalue weighted by Gasteiger charge is -2.30. The van der Waals surface area contributed by atoms with Crippen LogP contribution >= 0.6 is 0 Å². The van der Waals surface area contributed by atoms with Crippen molar-refractivity contribution in [2.45, 2.75) is 59.4 Å². The van der Waals surface area contributed by atoms with Gasteiger partial charge in [0.15, 0.2) is 5.96 Å². The summed E-state index contributed by atoms with van der Waals surface area (Å²) in [7, 11) is 1.78. The lowest BCUT2D eigenvalue weighted by molar-refractivity contribution is -0.118. The molecule has 6 heteroatoms. The van der Waals surface area contributed by atoms with Gasteiger partial charge in [0, 0.05) is 38.4 Å². The van der Waals surface area contributed by atoms with Crippen molar-refractivity contribution in [2.24, 2.45) is 16.3 Å². The van der Waals surface area contributed by atoms with Crippen LogP contribution < -0.4 is 16.0 Å². The maximum atomic E-state index is 11.8. The molecule has 0 saturated heterocycles. The van der Waals surface area contributed by atoms with Gasteiger partial charge >= 0.3 is 0 Å². The SMILES string of the molecule is CCNC(=NCc1ccc(NC(=O)C(C)C)cc1)NCC1(CCOC)CCCC1. The zero-order valence-corrected chi connectivity index (χ0v) is 18.5. The number of carbonyl (C=O) groups excluding carboxylic acids is 1. The molecule has 0 spiro atoms. The number of amides is 1. The molecule has 1 aromatic rings. The Bertz CT molecular complexity index is 649. The molecule has 1 aliphatic carbocycles. The van der Waals surface area contributed by atoms with E-state index in [2.05, 4.69) is 22.9 Å². The van der Waals surface area contributed by atoms with E-state index in [4.69, 9.17) is 9.73 Å². The van der Waals surface area contributed by atoms with Crippen molar-refractivity contribution in [3.63, 3.8) is 0 Å². The van der Waals surface area contributed by atoms with Crippen LogP contribution in [0.4, 0.5) is 5.69 Å². The molecule has 1 fully saturated rings. The van der Waals surface area contributed by atoms with E-state index in [1.165, 1.54) is 25.7 Å². The highest BCUT2D eigenvalue weighted by Crippen LogP contribution is 2.40. The van der Waals surface area contributed by atoms with Gasteiger partial charge in [0.1, 0.15) is 0 Å². The van der Waals surface area contributed by atoms with Gasteiger partial charge in [0.2, 0.25) is 5.91 Å². The standard InChI is InChI=1S/C23H38N4O2/c1-5-24-22(26-17-23(14-15-29-4)12-6-7-13-23)25-16-19-8-10-20(11-9-19)27-21(28)18(2)3/h8-11,18H,5-7,12-17H2,1-4H3,(H,27,28)(H2,24,25,26). The maximum absolute atomic E-state index is 11.8. The molecule has 6 nitrogen and oxygen atoms in total. The van der Waals surface area contributed by atoms with Gasteiger partial charge in [-0.2, -0.15) is 0 Å². The second-order valence-corrected chi connectivity index (χ2v) is 8.34. The van der Waals surface area contributed by atoms with Crippen molar-refractivity contribution >= 4 is 17.6 Å². The van der Waals surface area contributed by atoms with Gasteiger partial charge in [0.05, 0.1) is 6.54 Å². The molecule has 0 radical (unpaired) electrons. The predicted molar refractivity (Wildman–Crippen MR) is 120 cm³/mol. The Morgan fingerprint density at radius 1 is 1.17 bits per heavy atom. The third kappa shape index (κ3) is 7.69. The zero-order chi connectivity index (χ0) is 21.1. The molecule has 162 valence electrons. The first kappa shape index (κ1) is 23.2. The number of aliphatic imine (C=N–C) groups is 1. The van der Waals surface area contributed by atoms with E-state index in [1.54, 1.807) is 7.11 Å². The van der Waals surface area contributed by atoms with Crippen molar-refractivity contribution in [1.82, 2.24) is 10.6 Å². The molecule has 1 aliphatic rings. The Morgan fingerprint density at radius 2 is 1.86 bits per heavy atom. The van der Waals surface area contributed by atoms with Crippen LogP contribution in [0.2, 0.25) is 0 Å². The Hall–Kier alpha value is -2.08. The molecule has 1 saturated carbocycles. The van der Waals surface area contributed by atoms with E-state index in [-0.39, 0.29) is 11.8 Å². The Kier molecular flexibility index (Phi) is 9.45. The number of carbonyl (C=O) groups is 1. The number of benzene rings is 1. The monoisotopic (exact) mass is 402 g/mol. The average Bonchev–Trinajstić information content (AvgIpc) is 3.18. The summed E-state index contributed by atoms with van der Waals surface area (Å²) in [6, 6.07) is 7.90. The highest BCUT2D eigenvalue weighted by molar-refractivity contribution is 5.92. The van der Waals surface area contributed by atoms with E-state index in [1.807, 2.05) is 38.1 Å². The fourth-order valence-electron chi connectivity index (χ4n) is 3.72. The minimum atomic E-state index is -0.0277. The van der Waals surface area contributed by atoms with Crippen LogP contribution in [0.1, 0.15) is 58.4 Å². The molecule has 0 bridgehead atoms. The van der Waals surface area contributed by atoms with Crippen molar-refractivity contribution < 1.29 is 9.53 Å². The first-order valence-corrected chi connectivity index (χ1v) is 10.9. The molecule has 0 aromatic heterocycles. The molecule has 2 rings (SSSR count). The number of hydrogen-bond donors (Lipinski definition) is 3. The van der Waals surface area contributed by atoms with Gasteiger partial charge < -0.3 is 20.7 Å². The molecule has 0 atom stereocenters. The highest BCUT2D eigenvalue weighted by atomic mass is 16.5. The summed E-state index contributed by atoms with van der Waals surface area (Å²) in [5.74, 6) is 0.858. The molecule has 1 amide bonds. The summed E-state index contributed by atoms with van der Waals surface area (Å²) >= 11 is 0. The van der Waals surface area contributed by atoms with Crippen molar-refractivity contribution in [3.8, 4) is 0 Å². The van der Waals surface area contributed by atoms with Gasteiger partial charge in [-0.05, 0) is 49.3 Å². The third-order valence-electron chi connectivity index (χ3n) is 5.64. The van der Waals surface area contributed by atoms with Gasteiger partial charge in [-0.25, -0.2) is 4.99 Å². The molecule has 3 N–H and O–H groups in total. The first-order valence-electron chi connectivity index (χ1n) is 10.9. The highest BCUT2D eigenvalue weighted by Gasteiger charge is 2.33. The van der Waals surface area contributed by atoms with E-state index >= 15 is 0 Å². The Morgan fingerprint density at radius 3 is 2.45 bits per heavy atom. The van der Waals surface area contributed by atoms with Gasteiger partial charge in [-0.1, -0.05) is 38.8 Å². The number of nitrogens with zero attached hydrogens (tertiary/aromatic N) is 1. The second kappa shape index (κ2) is 11.8. The topological polar surface area (TPSA) is 74.8 Å². The van der Waals surface area contributed by atoms with Crippen LogP contribution in [0.25, 0.3) is 0 Å². The summed E-state index contributed by atoms with van der Waals surface area (Å²) in [5.41, 5.74) is 2.25. The largest absolute Gasteiger partial charge is 0.385 e. The minimum absolute atomic E-state index is 0.0277.